The van der Waals surface area contributed by atoms with Crippen LogP contribution in [0.15, 0.2) is 6.07 Å². The van der Waals surface area contributed by atoms with Gasteiger partial charge < -0.3 is 4.74 Å². The fraction of sp³-hybridized carbons (Fsp3) is 0.300. The molecule has 0 aliphatic heterocycles. The van der Waals surface area contributed by atoms with Crippen molar-refractivity contribution in [2.75, 3.05) is 0 Å². The molecule has 0 unspecified atom stereocenters. The molecule has 0 heterocycles. The van der Waals surface area contributed by atoms with E-state index in [-0.39, 0.29) is 6.10 Å². The molecular weight excluding hydrogens is 336 g/mol. The highest BCUT2D eigenvalue weighted by molar-refractivity contribution is 14.1. The zero-order valence-corrected chi connectivity index (χ0v) is 10.1. The van der Waals surface area contributed by atoms with Gasteiger partial charge in [-0.3, -0.25) is 0 Å². The second-order valence-corrected chi connectivity index (χ2v) is 4.53. The summed E-state index contributed by atoms with van der Waals surface area (Å²) in [5.41, 5.74) is -0.560. The number of benzene rings is 1. The molecule has 0 amide bonds. The van der Waals surface area contributed by atoms with Gasteiger partial charge in [-0.1, -0.05) is 0 Å². The van der Waals surface area contributed by atoms with E-state index in [4.69, 9.17) is 4.74 Å². The fourth-order valence-corrected chi connectivity index (χ4v) is 1.67. The molecule has 0 bridgehead atoms. The normalized spacial score (nSPS) is 15.0. The van der Waals surface area contributed by atoms with Crippen LogP contribution in [0.3, 0.4) is 0 Å². The summed E-state index contributed by atoms with van der Waals surface area (Å²) in [6, 6.07) is 0.525. The highest BCUT2D eigenvalue weighted by Gasteiger charge is 2.29. The number of hydrogen-bond donors (Lipinski definition) is 0. The van der Waals surface area contributed by atoms with Crippen LogP contribution < -0.4 is 0 Å². The summed E-state index contributed by atoms with van der Waals surface area (Å²) in [4.78, 5) is 11.4. The summed E-state index contributed by atoms with van der Waals surface area (Å²) < 4.78 is 43.6. The van der Waals surface area contributed by atoms with Gasteiger partial charge in [0.1, 0.15) is 6.10 Å². The van der Waals surface area contributed by atoms with Crippen molar-refractivity contribution in [3.63, 3.8) is 0 Å². The second kappa shape index (κ2) is 4.23. The van der Waals surface area contributed by atoms with E-state index in [9.17, 15) is 18.0 Å². The van der Waals surface area contributed by atoms with Crippen molar-refractivity contribution in [1.29, 1.82) is 0 Å². The standard InChI is InChI=1S/C10H6F3IO2/c11-6-3-5(7(12)9(14)8(6)13)10(15)16-4-1-2-4/h3-4H,1-2H2. The lowest BCUT2D eigenvalue weighted by Gasteiger charge is -2.06. The van der Waals surface area contributed by atoms with Gasteiger partial charge in [0, 0.05) is 0 Å². The lowest BCUT2D eigenvalue weighted by Crippen LogP contribution is -2.11. The minimum absolute atomic E-state index is 0.210. The zero-order valence-electron chi connectivity index (χ0n) is 7.90. The first-order valence-electron chi connectivity index (χ1n) is 4.54. The van der Waals surface area contributed by atoms with Crippen molar-refractivity contribution in [1.82, 2.24) is 0 Å². The molecule has 0 N–H and O–H groups in total. The molecule has 1 aliphatic carbocycles. The molecule has 1 aromatic carbocycles. The van der Waals surface area contributed by atoms with Crippen LogP contribution in [0.4, 0.5) is 13.2 Å². The Bertz CT molecular complexity index is 458. The Balaban J connectivity index is 2.35. The number of hydrogen-bond acceptors (Lipinski definition) is 2. The van der Waals surface area contributed by atoms with Gasteiger partial charge in [0.2, 0.25) is 0 Å². The summed E-state index contributed by atoms with van der Waals surface area (Å²) in [5.74, 6) is -4.57. The summed E-state index contributed by atoms with van der Waals surface area (Å²) >= 11 is 1.31. The van der Waals surface area contributed by atoms with E-state index in [1.165, 1.54) is 22.6 Å². The Morgan fingerprint density at radius 1 is 1.31 bits per heavy atom. The molecule has 0 spiro atoms. The first kappa shape index (κ1) is 11.7. The molecule has 1 saturated carbocycles. The molecule has 0 saturated heterocycles. The van der Waals surface area contributed by atoms with Crippen molar-refractivity contribution in [2.45, 2.75) is 18.9 Å². The summed E-state index contributed by atoms with van der Waals surface area (Å²) in [7, 11) is 0. The van der Waals surface area contributed by atoms with Crippen molar-refractivity contribution in [3.05, 3.63) is 32.7 Å². The molecule has 2 rings (SSSR count). The number of carbonyl (C=O) groups is 1. The minimum atomic E-state index is -1.29. The third kappa shape index (κ3) is 2.16. The number of rotatable bonds is 2. The minimum Gasteiger partial charge on any atom is -0.459 e. The first-order chi connectivity index (χ1) is 7.50. The van der Waals surface area contributed by atoms with Gasteiger partial charge in [0.25, 0.3) is 0 Å². The molecule has 2 nitrogen and oxygen atoms in total. The fourth-order valence-electron chi connectivity index (χ4n) is 1.12. The number of ether oxygens (including phenoxy) is 1. The molecule has 1 aromatic rings. The molecule has 86 valence electrons. The Kier molecular flexibility index (Phi) is 3.09. The van der Waals surface area contributed by atoms with E-state index in [1.807, 2.05) is 0 Å². The van der Waals surface area contributed by atoms with Crippen LogP contribution >= 0.6 is 22.6 Å². The summed E-state index contributed by atoms with van der Waals surface area (Å²) in [6.07, 6.45) is 1.25. The average molecular weight is 342 g/mol. The maximum absolute atomic E-state index is 13.4. The maximum atomic E-state index is 13.4. The highest BCUT2D eigenvalue weighted by atomic mass is 127. The quantitative estimate of drug-likeness (QED) is 0.358. The van der Waals surface area contributed by atoms with E-state index >= 15 is 0 Å². The summed E-state index contributed by atoms with van der Waals surface area (Å²) in [5, 5.41) is 0. The molecular formula is C10H6F3IO2. The van der Waals surface area contributed by atoms with Crippen molar-refractivity contribution in [3.8, 4) is 0 Å². The van der Waals surface area contributed by atoms with Crippen molar-refractivity contribution >= 4 is 28.6 Å². The van der Waals surface area contributed by atoms with E-state index in [1.54, 1.807) is 0 Å². The van der Waals surface area contributed by atoms with Crippen LogP contribution in [0, 0.1) is 21.0 Å². The monoisotopic (exact) mass is 342 g/mol. The van der Waals surface area contributed by atoms with E-state index in [0.29, 0.717) is 6.07 Å². The molecule has 1 fully saturated rings. The van der Waals surface area contributed by atoms with Crippen molar-refractivity contribution < 1.29 is 22.7 Å². The lowest BCUT2D eigenvalue weighted by molar-refractivity contribution is 0.0466. The molecule has 0 atom stereocenters. The Morgan fingerprint density at radius 2 is 1.94 bits per heavy atom. The predicted molar refractivity (Wildman–Crippen MR) is 57.5 cm³/mol. The van der Waals surface area contributed by atoms with Gasteiger partial charge >= 0.3 is 5.97 Å². The molecule has 6 heteroatoms. The van der Waals surface area contributed by atoms with Gasteiger partial charge in [-0.05, 0) is 41.5 Å². The topological polar surface area (TPSA) is 26.3 Å². The second-order valence-electron chi connectivity index (χ2n) is 3.45. The maximum Gasteiger partial charge on any atom is 0.341 e. The zero-order chi connectivity index (χ0) is 11.9. The molecule has 1 aliphatic rings. The van der Waals surface area contributed by atoms with E-state index in [0.717, 1.165) is 12.8 Å². The molecule has 16 heavy (non-hydrogen) atoms. The van der Waals surface area contributed by atoms with Crippen LogP contribution in [-0.2, 0) is 4.74 Å². The summed E-state index contributed by atoms with van der Waals surface area (Å²) in [6.45, 7) is 0. The molecule has 0 radical (unpaired) electrons. The molecule has 0 aromatic heterocycles. The third-order valence-corrected chi connectivity index (χ3v) is 3.07. The van der Waals surface area contributed by atoms with Gasteiger partial charge in [-0.15, -0.1) is 0 Å². The average Bonchev–Trinajstić information content (AvgIpc) is 3.04. The first-order valence-corrected chi connectivity index (χ1v) is 5.62. The van der Waals surface area contributed by atoms with Gasteiger partial charge in [-0.2, -0.15) is 0 Å². The van der Waals surface area contributed by atoms with Crippen molar-refractivity contribution in [2.24, 2.45) is 0 Å². The van der Waals surface area contributed by atoms with Crippen LogP contribution in [-0.4, -0.2) is 12.1 Å². The van der Waals surface area contributed by atoms with Gasteiger partial charge in [0.15, 0.2) is 17.5 Å². The van der Waals surface area contributed by atoms with Gasteiger partial charge in [-0.25, -0.2) is 18.0 Å². The Morgan fingerprint density at radius 3 is 2.50 bits per heavy atom. The van der Waals surface area contributed by atoms with Gasteiger partial charge in [0.05, 0.1) is 9.13 Å². The predicted octanol–water partition coefficient (Wildman–Crippen LogP) is 3.03. The number of carbonyl (C=O) groups excluding carboxylic acids is 1. The smallest absolute Gasteiger partial charge is 0.341 e. The van der Waals surface area contributed by atoms with E-state index in [2.05, 4.69) is 0 Å². The number of esters is 1. The SMILES string of the molecule is O=C(OC1CC1)c1cc(F)c(F)c(I)c1F. The lowest BCUT2D eigenvalue weighted by atomic mass is 10.2. The Labute approximate surface area is 103 Å². The van der Waals surface area contributed by atoms with E-state index < -0.39 is 32.6 Å². The third-order valence-electron chi connectivity index (χ3n) is 2.12. The van der Waals surface area contributed by atoms with Crippen LogP contribution in [0.1, 0.15) is 23.2 Å². The van der Waals surface area contributed by atoms with Crippen LogP contribution in [0.25, 0.3) is 0 Å². The van der Waals surface area contributed by atoms with Crippen LogP contribution in [0.5, 0.6) is 0 Å². The Hall–Kier alpha value is -0.790. The largest absolute Gasteiger partial charge is 0.459 e. The number of halogens is 4. The van der Waals surface area contributed by atoms with Crippen LogP contribution in [0.2, 0.25) is 0 Å². The highest BCUT2D eigenvalue weighted by Crippen LogP contribution is 2.27.